The molecule has 1 saturated carbocycles. The van der Waals surface area contributed by atoms with Gasteiger partial charge >= 0.3 is 0 Å². The van der Waals surface area contributed by atoms with E-state index >= 15 is 0 Å². The highest BCUT2D eigenvalue weighted by atomic mass is 19.1. The molecule has 1 amide bonds. The lowest BCUT2D eigenvalue weighted by Gasteiger charge is -2.43. The number of carbonyl (C=O) groups excluding carboxylic acids is 1. The van der Waals surface area contributed by atoms with E-state index in [4.69, 9.17) is 4.74 Å². The van der Waals surface area contributed by atoms with Gasteiger partial charge in [-0.2, -0.15) is 0 Å². The number of halogens is 1. The van der Waals surface area contributed by atoms with Crippen molar-refractivity contribution >= 4 is 5.91 Å². The van der Waals surface area contributed by atoms with Crippen LogP contribution in [0.25, 0.3) is 0 Å². The molecular weight excluding hydrogens is 355 g/mol. The zero-order chi connectivity index (χ0) is 19.4. The summed E-state index contributed by atoms with van der Waals surface area (Å²) < 4.78 is 20.9. The van der Waals surface area contributed by atoms with E-state index in [2.05, 4.69) is 17.1 Å². The van der Waals surface area contributed by atoms with Crippen LogP contribution >= 0.6 is 0 Å². The minimum Gasteiger partial charge on any atom is -0.373 e. The van der Waals surface area contributed by atoms with Crippen molar-refractivity contribution < 1.29 is 13.9 Å². The molecule has 0 bridgehead atoms. The molecule has 1 saturated heterocycles. The third-order valence-electron chi connectivity index (χ3n) is 6.01. The number of hydrogen-bond donors (Lipinski definition) is 0. The average molecular weight is 382 g/mol. The molecule has 1 aliphatic carbocycles. The van der Waals surface area contributed by atoms with Crippen LogP contribution in [0.15, 0.2) is 54.9 Å². The highest BCUT2D eigenvalue weighted by molar-refractivity contribution is 5.86. The first-order valence-electron chi connectivity index (χ1n) is 10.2. The standard InChI is InChI=1S/C23H27FN2O2/c24-23(10-5-11-23)22(27)26-13-9-21(28-17-19-8-4-12-25-15-19)20(16-26)14-18-6-2-1-3-7-18/h1-4,6-8,12,15,20-21H,5,9-11,13-14,16-17H2/t20-,21-/m1/s1. The fraction of sp³-hybridized carbons (Fsp3) is 0.478. The molecule has 1 aromatic heterocycles. The SMILES string of the molecule is O=C(N1CC[C@@H](OCc2cccnc2)[C@H](Cc2ccccc2)C1)C1(F)CCC1. The first-order chi connectivity index (χ1) is 13.6. The normalized spacial score (nSPS) is 23.8. The summed E-state index contributed by atoms with van der Waals surface area (Å²) in [6.45, 7) is 1.62. The van der Waals surface area contributed by atoms with Gasteiger partial charge in [-0.15, -0.1) is 0 Å². The second-order valence-electron chi connectivity index (χ2n) is 8.02. The topological polar surface area (TPSA) is 42.4 Å². The van der Waals surface area contributed by atoms with Crippen LogP contribution in [0.2, 0.25) is 0 Å². The van der Waals surface area contributed by atoms with Crippen molar-refractivity contribution in [2.24, 2.45) is 5.92 Å². The summed E-state index contributed by atoms with van der Waals surface area (Å²) in [5.41, 5.74) is 0.632. The smallest absolute Gasteiger partial charge is 0.260 e. The lowest BCUT2D eigenvalue weighted by atomic mass is 9.79. The van der Waals surface area contributed by atoms with Gasteiger partial charge < -0.3 is 9.64 Å². The quantitative estimate of drug-likeness (QED) is 0.760. The summed E-state index contributed by atoms with van der Waals surface area (Å²) in [6, 6.07) is 14.2. The van der Waals surface area contributed by atoms with Crippen molar-refractivity contribution in [2.45, 2.75) is 50.5 Å². The van der Waals surface area contributed by atoms with E-state index in [1.165, 1.54) is 5.56 Å². The van der Waals surface area contributed by atoms with Gasteiger partial charge in [-0.25, -0.2) is 4.39 Å². The molecule has 0 unspecified atom stereocenters. The molecule has 5 heteroatoms. The number of aromatic nitrogens is 1. The molecule has 2 heterocycles. The first-order valence-corrected chi connectivity index (χ1v) is 10.2. The van der Waals surface area contributed by atoms with E-state index in [0.29, 0.717) is 32.5 Å². The van der Waals surface area contributed by atoms with Gasteiger partial charge in [0.2, 0.25) is 0 Å². The van der Waals surface area contributed by atoms with Crippen LogP contribution in [0.5, 0.6) is 0 Å². The summed E-state index contributed by atoms with van der Waals surface area (Å²) in [4.78, 5) is 18.6. The fourth-order valence-electron chi connectivity index (χ4n) is 4.20. The lowest BCUT2D eigenvalue weighted by molar-refractivity contribution is -0.155. The van der Waals surface area contributed by atoms with Crippen LogP contribution in [-0.4, -0.2) is 40.7 Å². The molecule has 4 nitrogen and oxygen atoms in total. The number of benzene rings is 1. The van der Waals surface area contributed by atoms with Crippen LogP contribution in [0, 0.1) is 5.92 Å². The number of rotatable bonds is 6. The second-order valence-corrected chi connectivity index (χ2v) is 8.02. The molecule has 0 spiro atoms. The van der Waals surface area contributed by atoms with E-state index < -0.39 is 5.67 Å². The first kappa shape index (κ1) is 19.1. The second kappa shape index (κ2) is 8.39. The van der Waals surface area contributed by atoms with Gasteiger partial charge in [0.25, 0.3) is 5.91 Å². The van der Waals surface area contributed by atoms with Gasteiger partial charge in [0.15, 0.2) is 5.67 Å². The molecule has 148 valence electrons. The summed E-state index contributed by atoms with van der Waals surface area (Å²) >= 11 is 0. The van der Waals surface area contributed by atoms with E-state index in [-0.39, 0.29) is 17.9 Å². The predicted molar refractivity (Wildman–Crippen MR) is 105 cm³/mol. The van der Waals surface area contributed by atoms with E-state index in [1.807, 2.05) is 36.5 Å². The number of likely N-dealkylation sites (tertiary alicyclic amines) is 1. The van der Waals surface area contributed by atoms with Crippen LogP contribution < -0.4 is 0 Å². The van der Waals surface area contributed by atoms with Gasteiger partial charge in [0.05, 0.1) is 12.7 Å². The largest absolute Gasteiger partial charge is 0.373 e. The Kier molecular flexibility index (Phi) is 5.72. The fourth-order valence-corrected chi connectivity index (χ4v) is 4.20. The predicted octanol–water partition coefficient (Wildman–Crippen LogP) is 3.95. The molecule has 2 aliphatic rings. The van der Waals surface area contributed by atoms with Crippen molar-refractivity contribution in [3.8, 4) is 0 Å². The molecular formula is C23H27FN2O2. The molecule has 0 radical (unpaired) electrons. The number of hydrogen-bond acceptors (Lipinski definition) is 3. The molecule has 4 rings (SSSR count). The third-order valence-corrected chi connectivity index (χ3v) is 6.01. The van der Waals surface area contributed by atoms with Crippen LogP contribution in [0.1, 0.15) is 36.8 Å². The Balaban J connectivity index is 1.45. The van der Waals surface area contributed by atoms with Gasteiger partial charge in [-0.05, 0) is 49.3 Å². The van der Waals surface area contributed by atoms with Crippen molar-refractivity contribution in [1.82, 2.24) is 9.88 Å². The maximum atomic E-state index is 14.7. The molecule has 1 aromatic carbocycles. The zero-order valence-corrected chi connectivity index (χ0v) is 16.1. The van der Waals surface area contributed by atoms with Crippen molar-refractivity contribution in [1.29, 1.82) is 0 Å². The Bertz CT molecular complexity index is 780. The number of pyridine rings is 1. The van der Waals surface area contributed by atoms with Crippen LogP contribution in [0.3, 0.4) is 0 Å². The van der Waals surface area contributed by atoms with E-state index in [1.54, 1.807) is 11.1 Å². The summed E-state index contributed by atoms with van der Waals surface area (Å²) in [5, 5.41) is 0. The Morgan fingerprint density at radius 3 is 2.64 bits per heavy atom. The third kappa shape index (κ3) is 4.25. The minimum atomic E-state index is -1.62. The van der Waals surface area contributed by atoms with Crippen molar-refractivity contribution in [3.05, 3.63) is 66.0 Å². The average Bonchev–Trinajstić information content (AvgIpc) is 2.72. The van der Waals surface area contributed by atoms with Gasteiger partial charge in [0.1, 0.15) is 0 Å². The molecule has 2 atom stereocenters. The Morgan fingerprint density at radius 1 is 1.18 bits per heavy atom. The summed E-state index contributed by atoms with van der Waals surface area (Å²) in [6.07, 6.45) is 6.70. The van der Waals surface area contributed by atoms with E-state index in [9.17, 15) is 9.18 Å². The number of amides is 1. The molecule has 1 aliphatic heterocycles. The molecule has 2 aromatic rings. The number of alkyl halides is 1. The molecule has 2 fully saturated rings. The van der Waals surface area contributed by atoms with Crippen molar-refractivity contribution in [2.75, 3.05) is 13.1 Å². The lowest BCUT2D eigenvalue weighted by Crippen LogP contribution is -2.55. The maximum absolute atomic E-state index is 14.7. The maximum Gasteiger partial charge on any atom is 0.260 e. The van der Waals surface area contributed by atoms with Gasteiger partial charge in [0, 0.05) is 31.4 Å². The Hall–Kier alpha value is -2.27. The Labute approximate surface area is 165 Å². The summed E-state index contributed by atoms with van der Waals surface area (Å²) in [7, 11) is 0. The van der Waals surface area contributed by atoms with Crippen LogP contribution in [0.4, 0.5) is 4.39 Å². The number of piperidine rings is 1. The number of ether oxygens (including phenoxy) is 1. The van der Waals surface area contributed by atoms with Crippen LogP contribution in [-0.2, 0) is 22.6 Å². The monoisotopic (exact) mass is 382 g/mol. The number of carbonyl (C=O) groups is 1. The minimum absolute atomic E-state index is 0.0430. The highest BCUT2D eigenvalue weighted by Gasteiger charge is 2.48. The van der Waals surface area contributed by atoms with Crippen molar-refractivity contribution in [3.63, 3.8) is 0 Å². The molecule has 0 N–H and O–H groups in total. The highest BCUT2D eigenvalue weighted by Crippen LogP contribution is 2.38. The van der Waals surface area contributed by atoms with E-state index in [0.717, 1.165) is 24.8 Å². The zero-order valence-electron chi connectivity index (χ0n) is 16.1. The Morgan fingerprint density at radius 2 is 1.96 bits per heavy atom. The molecule has 28 heavy (non-hydrogen) atoms. The van der Waals surface area contributed by atoms with Gasteiger partial charge in [-0.1, -0.05) is 36.4 Å². The summed E-state index contributed by atoms with van der Waals surface area (Å²) in [5.74, 6) is -0.164. The van der Waals surface area contributed by atoms with Gasteiger partial charge in [-0.3, -0.25) is 9.78 Å². The number of nitrogens with zero attached hydrogens (tertiary/aromatic N) is 2.